The Labute approximate surface area is 236 Å². The molecule has 3 nitrogen and oxygen atoms in total. The monoisotopic (exact) mass is 624 g/mol. The van der Waals surface area contributed by atoms with Crippen LogP contribution in [0.1, 0.15) is 52.8 Å². The van der Waals surface area contributed by atoms with Gasteiger partial charge in [-0.2, -0.15) is 0 Å². The molecule has 6 heteroatoms. The molecule has 0 amide bonds. The van der Waals surface area contributed by atoms with Gasteiger partial charge in [0.25, 0.3) is 0 Å². The van der Waals surface area contributed by atoms with Crippen molar-refractivity contribution in [1.29, 1.82) is 0 Å². The van der Waals surface area contributed by atoms with Crippen molar-refractivity contribution in [3.8, 4) is 5.75 Å². The molecule has 1 heterocycles. The Morgan fingerprint density at radius 1 is 0.757 bits per heavy atom. The van der Waals surface area contributed by atoms with E-state index in [1.54, 1.807) is 0 Å². The smallest absolute Gasteiger partial charge is 0.217 e. The van der Waals surface area contributed by atoms with Crippen LogP contribution >= 0.6 is 19.4 Å². The van der Waals surface area contributed by atoms with Gasteiger partial charge in [0.2, 0.25) is 6.67 Å². The Kier molecular flexibility index (Phi) is 10.4. The third-order valence-electron chi connectivity index (χ3n) is 5.80. The zero-order chi connectivity index (χ0) is 27.3. The molecule has 0 aromatic heterocycles. The van der Waals surface area contributed by atoms with Crippen LogP contribution in [0.5, 0.6) is 5.75 Å². The van der Waals surface area contributed by atoms with Crippen molar-refractivity contribution >= 4 is 35.4 Å². The number of halogens is 2. The number of hydrogen-bond acceptors (Lipinski definition) is 3. The zero-order valence-corrected chi connectivity index (χ0v) is 26.1. The molecule has 0 saturated carbocycles. The van der Waals surface area contributed by atoms with Crippen LogP contribution in [0.3, 0.4) is 0 Å². The standard InChI is InChI=1S/C21H24N2.C10H12O.2ClH.Ru/c1-14-9-16(3)20(17(4)10-14)22-7-8-23(13-22)21-18(5)11-15(2)12-19(21)6;1-8(2)11-10-7-5-4-6-9(10)3;;;/h7-12H,1-6H3;3-8H,1-2H3;2*1H;/q;;;;+2/p-2. The number of nitrogens with zero attached hydrogens (tertiary/aromatic N) is 2. The third kappa shape index (κ3) is 7.93. The number of hydrogen-bond donors (Lipinski definition) is 0. The first-order valence-corrected chi connectivity index (χ1v) is 17.7. The van der Waals surface area contributed by atoms with Crippen LogP contribution in [0.2, 0.25) is 0 Å². The van der Waals surface area contributed by atoms with Crippen LogP contribution in [-0.4, -0.2) is 10.7 Å². The van der Waals surface area contributed by atoms with E-state index in [1.807, 2.05) is 42.7 Å². The van der Waals surface area contributed by atoms with Gasteiger partial charge in [-0.1, -0.05) is 35.4 Å². The fourth-order valence-electron chi connectivity index (χ4n) is 4.68. The number of aryl methyl sites for hydroxylation is 6. The number of ether oxygens (including phenoxy) is 1. The molecule has 0 unspecified atom stereocenters. The molecular formula is C31H36Cl2N2ORu. The molecule has 37 heavy (non-hydrogen) atoms. The molecular weight excluding hydrogens is 588 g/mol. The van der Waals surface area contributed by atoms with Crippen molar-refractivity contribution < 1.29 is 18.3 Å². The fourth-order valence-corrected chi connectivity index (χ4v) is 6.49. The predicted molar refractivity (Wildman–Crippen MR) is 158 cm³/mol. The Hall–Kier alpha value is -2.13. The molecule has 1 aliphatic rings. The van der Waals surface area contributed by atoms with Crippen LogP contribution < -0.4 is 14.5 Å². The predicted octanol–water partition coefficient (Wildman–Crippen LogP) is 8.88. The average Bonchev–Trinajstić information content (AvgIpc) is 3.22. The van der Waals surface area contributed by atoms with Crippen molar-refractivity contribution in [2.45, 2.75) is 61.5 Å². The molecule has 4 rings (SSSR count). The van der Waals surface area contributed by atoms with Gasteiger partial charge in [-0.25, -0.2) is 0 Å². The zero-order valence-electron chi connectivity index (χ0n) is 22.8. The second-order valence-electron chi connectivity index (χ2n) is 9.64. The number of para-hydroxylation sites is 1. The van der Waals surface area contributed by atoms with Crippen molar-refractivity contribution in [2.75, 3.05) is 9.80 Å². The minimum Gasteiger partial charge on any atom is -0.315 e. The van der Waals surface area contributed by atoms with Gasteiger partial charge in [-0.15, -0.1) is 0 Å². The van der Waals surface area contributed by atoms with Crippen LogP contribution in [0.25, 0.3) is 0 Å². The summed E-state index contributed by atoms with van der Waals surface area (Å²) in [6.07, 6.45) is 4.34. The number of anilines is 2. The third-order valence-corrected chi connectivity index (χ3v) is 7.63. The van der Waals surface area contributed by atoms with Crippen molar-refractivity contribution in [3.63, 3.8) is 0 Å². The van der Waals surface area contributed by atoms with Gasteiger partial charge < -0.3 is 9.80 Å². The minimum atomic E-state index is -1.77. The molecule has 198 valence electrons. The minimum absolute atomic E-state index is 0.163. The van der Waals surface area contributed by atoms with E-state index in [9.17, 15) is 0 Å². The van der Waals surface area contributed by atoms with Crippen molar-refractivity contribution in [2.24, 2.45) is 0 Å². The molecule has 3 aromatic rings. The molecule has 0 spiro atoms. The summed E-state index contributed by atoms with van der Waals surface area (Å²) >= 11 is -1.77. The summed E-state index contributed by atoms with van der Waals surface area (Å²) in [5, 5.41) is 0. The molecule has 0 aliphatic carbocycles. The molecule has 0 N–H and O–H groups in total. The average molecular weight is 625 g/mol. The molecule has 0 atom stereocenters. The van der Waals surface area contributed by atoms with Gasteiger partial charge in [0.15, 0.2) is 0 Å². The molecule has 0 bridgehead atoms. The Morgan fingerprint density at radius 3 is 1.59 bits per heavy atom. The van der Waals surface area contributed by atoms with Gasteiger partial charge in [-0.3, -0.25) is 0 Å². The van der Waals surface area contributed by atoms with Gasteiger partial charge in [-0.05, 0) is 63.8 Å². The molecule has 1 aliphatic heterocycles. The second-order valence-corrected chi connectivity index (χ2v) is 15.4. The van der Waals surface area contributed by atoms with E-state index in [-0.39, 0.29) is 6.10 Å². The second kappa shape index (κ2) is 13.1. The van der Waals surface area contributed by atoms with E-state index in [4.69, 9.17) is 24.1 Å². The van der Waals surface area contributed by atoms with Crippen LogP contribution in [0, 0.1) is 48.2 Å². The van der Waals surface area contributed by atoms with Crippen LogP contribution in [0.4, 0.5) is 11.4 Å². The molecule has 0 fully saturated rings. The summed E-state index contributed by atoms with van der Waals surface area (Å²) in [7, 11) is 11.6. The summed E-state index contributed by atoms with van der Waals surface area (Å²) in [5.74, 6) is 0.850. The summed E-state index contributed by atoms with van der Waals surface area (Å²) in [6, 6.07) is 16.7. The maximum absolute atomic E-state index is 5.82. The maximum Gasteiger partial charge on any atom is 0.217 e. The maximum atomic E-state index is 5.82. The topological polar surface area (TPSA) is 15.7 Å². The van der Waals surface area contributed by atoms with Gasteiger partial charge >= 0.3 is 97.8 Å². The number of rotatable bonds is 5. The summed E-state index contributed by atoms with van der Waals surface area (Å²) in [5.41, 5.74) is 11.1. The quantitative estimate of drug-likeness (QED) is 0.264. The summed E-state index contributed by atoms with van der Waals surface area (Å²) in [4.78, 5) is 4.20. The molecule has 3 aromatic carbocycles. The van der Waals surface area contributed by atoms with Gasteiger partial charge in [0.05, 0.1) is 0 Å². The van der Waals surface area contributed by atoms with E-state index in [2.05, 4.69) is 94.7 Å². The van der Waals surface area contributed by atoms with E-state index < -0.39 is 13.5 Å². The first-order valence-electron chi connectivity index (χ1n) is 12.2. The SMILES string of the molecule is CC(C)Oc1ccccc1[CH]=[Ru]([Cl])[Cl].Cc1cc(C)c(N2[C]N(c3c(C)cc(C)cc3C)C=C2)c(C)c1. The van der Waals surface area contributed by atoms with Gasteiger partial charge in [0, 0.05) is 23.8 Å². The fraction of sp³-hybridized carbons (Fsp3) is 0.290. The van der Waals surface area contributed by atoms with Crippen molar-refractivity contribution in [3.05, 3.63) is 107 Å². The van der Waals surface area contributed by atoms with E-state index >= 15 is 0 Å². The first kappa shape index (κ1) is 29.4. The van der Waals surface area contributed by atoms with Crippen LogP contribution in [-0.2, 0) is 13.5 Å². The van der Waals surface area contributed by atoms with Crippen LogP contribution in [0.15, 0.2) is 60.9 Å². The Morgan fingerprint density at radius 2 is 1.19 bits per heavy atom. The largest absolute Gasteiger partial charge is 0.315 e. The summed E-state index contributed by atoms with van der Waals surface area (Å²) in [6.45, 7) is 20.4. The Bertz CT molecular complexity index is 1200. The summed E-state index contributed by atoms with van der Waals surface area (Å²) < 4.78 is 7.51. The number of benzene rings is 3. The van der Waals surface area contributed by atoms with E-state index in [0.29, 0.717) is 0 Å². The van der Waals surface area contributed by atoms with E-state index in [1.165, 1.54) is 44.8 Å². The first-order chi connectivity index (χ1) is 17.5. The molecule has 0 saturated heterocycles. The van der Waals surface area contributed by atoms with Gasteiger partial charge in [0.1, 0.15) is 0 Å². The Balaban J connectivity index is 0.000000233. The normalized spacial score (nSPS) is 13.0. The molecule has 2 radical (unpaired) electrons. The van der Waals surface area contributed by atoms with Crippen molar-refractivity contribution in [1.82, 2.24) is 0 Å². The van der Waals surface area contributed by atoms with E-state index in [0.717, 1.165) is 11.3 Å².